The Morgan fingerprint density at radius 1 is 1.69 bits per heavy atom. The number of nitrogens with one attached hydrogen (secondary N) is 1. The van der Waals surface area contributed by atoms with Gasteiger partial charge < -0.3 is 10.4 Å². The van der Waals surface area contributed by atoms with Crippen LogP contribution in [0.4, 0.5) is 0 Å². The maximum atomic E-state index is 10.7. The summed E-state index contributed by atoms with van der Waals surface area (Å²) in [4.78, 5) is 12.0. The normalized spacial score (nSPS) is 13.8. The summed E-state index contributed by atoms with van der Waals surface area (Å²) in [6, 6.07) is 4.36. The zero-order valence-corrected chi connectivity index (χ0v) is 10.4. The summed E-state index contributed by atoms with van der Waals surface area (Å²) >= 11 is 1.70. The smallest absolute Gasteiger partial charge is 0.331 e. The van der Waals surface area contributed by atoms with Crippen LogP contribution in [0.25, 0.3) is 0 Å². The highest BCUT2D eigenvalue weighted by Crippen LogP contribution is 2.17. The predicted octanol–water partition coefficient (Wildman–Crippen LogP) is 2.82. The quantitative estimate of drug-likeness (QED) is 0.750. The van der Waals surface area contributed by atoms with Crippen LogP contribution in [0.3, 0.4) is 0 Å². The second-order valence-corrected chi connectivity index (χ2v) is 4.51. The summed E-state index contributed by atoms with van der Waals surface area (Å²) < 4.78 is 0. The van der Waals surface area contributed by atoms with E-state index in [1.165, 1.54) is 4.88 Å². The summed E-state index contributed by atoms with van der Waals surface area (Å²) in [6.07, 6.45) is 2.30. The Morgan fingerprint density at radius 3 is 2.94 bits per heavy atom. The number of carboxylic acid groups (broad SMARTS) is 1. The van der Waals surface area contributed by atoms with Gasteiger partial charge in [0.15, 0.2) is 0 Å². The molecule has 0 spiro atoms. The lowest BCUT2D eigenvalue weighted by Crippen LogP contribution is -2.18. The Balaban J connectivity index is 2.43. The highest BCUT2D eigenvalue weighted by molar-refractivity contribution is 7.10. The summed E-state index contributed by atoms with van der Waals surface area (Å²) in [7, 11) is 0. The van der Waals surface area contributed by atoms with Crippen molar-refractivity contribution >= 4 is 17.3 Å². The van der Waals surface area contributed by atoms with Crippen LogP contribution >= 0.6 is 11.3 Å². The molecule has 3 nitrogen and oxygen atoms in total. The number of aliphatic carboxylic acids is 1. The van der Waals surface area contributed by atoms with Gasteiger partial charge in [-0.05, 0) is 24.8 Å². The van der Waals surface area contributed by atoms with Gasteiger partial charge in [0, 0.05) is 23.0 Å². The van der Waals surface area contributed by atoms with Gasteiger partial charge in [-0.1, -0.05) is 19.1 Å². The van der Waals surface area contributed by atoms with Gasteiger partial charge in [0.2, 0.25) is 0 Å². The van der Waals surface area contributed by atoms with Crippen molar-refractivity contribution in [3.63, 3.8) is 0 Å². The van der Waals surface area contributed by atoms with Gasteiger partial charge in [0.1, 0.15) is 0 Å². The Hall–Kier alpha value is -1.13. The van der Waals surface area contributed by atoms with Crippen molar-refractivity contribution in [2.24, 2.45) is 0 Å². The van der Waals surface area contributed by atoms with E-state index in [1.54, 1.807) is 17.4 Å². The molecule has 0 radical (unpaired) electrons. The SMILES string of the molecule is CC/C(=C/CN[C@H](C)c1cccs1)C(=O)O. The van der Waals surface area contributed by atoms with Gasteiger partial charge in [-0.15, -0.1) is 11.3 Å². The number of hydrogen-bond donors (Lipinski definition) is 2. The number of carbonyl (C=O) groups is 1. The minimum absolute atomic E-state index is 0.267. The van der Waals surface area contributed by atoms with Gasteiger partial charge in [-0.3, -0.25) is 0 Å². The van der Waals surface area contributed by atoms with E-state index in [9.17, 15) is 4.79 Å². The fraction of sp³-hybridized carbons (Fsp3) is 0.417. The largest absolute Gasteiger partial charge is 0.478 e. The van der Waals surface area contributed by atoms with Crippen LogP contribution in [0.1, 0.15) is 31.2 Å². The van der Waals surface area contributed by atoms with E-state index in [2.05, 4.69) is 18.3 Å². The van der Waals surface area contributed by atoms with E-state index < -0.39 is 5.97 Å². The third-order valence-corrected chi connectivity index (χ3v) is 3.45. The maximum Gasteiger partial charge on any atom is 0.331 e. The first kappa shape index (κ1) is 12.9. The summed E-state index contributed by atoms with van der Waals surface area (Å²) in [5.74, 6) is -0.826. The highest BCUT2D eigenvalue weighted by Gasteiger charge is 2.06. The molecule has 4 heteroatoms. The molecule has 0 unspecified atom stereocenters. The van der Waals surface area contributed by atoms with Gasteiger partial charge in [0.25, 0.3) is 0 Å². The van der Waals surface area contributed by atoms with Crippen molar-refractivity contribution in [1.29, 1.82) is 0 Å². The molecule has 0 aliphatic rings. The van der Waals surface area contributed by atoms with Crippen LogP contribution in [0.2, 0.25) is 0 Å². The molecule has 0 aliphatic heterocycles. The summed E-state index contributed by atoms with van der Waals surface area (Å²) in [5.41, 5.74) is 0.464. The molecular weight excluding hydrogens is 222 g/mol. The molecule has 0 amide bonds. The third-order valence-electron chi connectivity index (χ3n) is 2.40. The lowest BCUT2D eigenvalue weighted by Gasteiger charge is -2.10. The second kappa shape index (κ2) is 6.45. The van der Waals surface area contributed by atoms with Crippen molar-refractivity contribution in [3.8, 4) is 0 Å². The molecule has 88 valence electrons. The van der Waals surface area contributed by atoms with Crippen molar-refractivity contribution in [3.05, 3.63) is 34.0 Å². The van der Waals surface area contributed by atoms with E-state index in [-0.39, 0.29) is 6.04 Å². The van der Waals surface area contributed by atoms with Gasteiger partial charge in [-0.2, -0.15) is 0 Å². The molecule has 1 atom stereocenters. The zero-order chi connectivity index (χ0) is 12.0. The number of thiophene rings is 1. The van der Waals surface area contributed by atoms with E-state index in [4.69, 9.17) is 5.11 Å². The highest BCUT2D eigenvalue weighted by atomic mass is 32.1. The standard InChI is InChI=1S/C12H17NO2S/c1-3-10(12(14)15)6-7-13-9(2)11-5-4-8-16-11/h4-6,8-9,13H,3,7H2,1-2H3,(H,14,15)/b10-6-/t9-/m1/s1. The minimum Gasteiger partial charge on any atom is -0.478 e. The molecule has 1 aromatic heterocycles. The van der Waals surface area contributed by atoms with Crippen LogP contribution in [-0.2, 0) is 4.79 Å². The average Bonchev–Trinajstić information content (AvgIpc) is 2.76. The molecule has 0 saturated heterocycles. The minimum atomic E-state index is -0.826. The van der Waals surface area contributed by atoms with Crippen LogP contribution in [0, 0.1) is 0 Å². The van der Waals surface area contributed by atoms with E-state index in [0.29, 0.717) is 18.5 Å². The van der Waals surface area contributed by atoms with Crippen LogP contribution < -0.4 is 5.32 Å². The van der Waals surface area contributed by atoms with E-state index in [0.717, 1.165) is 0 Å². The molecule has 16 heavy (non-hydrogen) atoms. The number of rotatable bonds is 6. The van der Waals surface area contributed by atoms with Crippen molar-refractivity contribution in [2.45, 2.75) is 26.3 Å². The number of hydrogen-bond acceptors (Lipinski definition) is 3. The van der Waals surface area contributed by atoms with E-state index >= 15 is 0 Å². The lowest BCUT2D eigenvalue weighted by molar-refractivity contribution is -0.132. The van der Waals surface area contributed by atoms with Crippen LogP contribution in [0.15, 0.2) is 29.2 Å². The molecule has 1 rings (SSSR count). The maximum absolute atomic E-state index is 10.7. The average molecular weight is 239 g/mol. The summed E-state index contributed by atoms with van der Waals surface area (Å²) in [5, 5.41) is 14.1. The predicted molar refractivity (Wildman–Crippen MR) is 66.7 cm³/mol. The molecular formula is C12H17NO2S. The zero-order valence-electron chi connectivity index (χ0n) is 9.56. The summed E-state index contributed by atoms with van der Waals surface area (Å²) in [6.45, 7) is 4.52. The van der Waals surface area contributed by atoms with Crippen molar-refractivity contribution < 1.29 is 9.90 Å². The first-order chi connectivity index (χ1) is 7.65. The molecule has 1 heterocycles. The van der Waals surface area contributed by atoms with E-state index in [1.807, 2.05) is 18.4 Å². The molecule has 0 bridgehead atoms. The van der Waals surface area contributed by atoms with Crippen LogP contribution in [-0.4, -0.2) is 17.6 Å². The fourth-order valence-corrected chi connectivity index (χ4v) is 2.14. The molecule has 0 aliphatic carbocycles. The first-order valence-electron chi connectivity index (χ1n) is 5.34. The molecule has 0 fully saturated rings. The third kappa shape index (κ3) is 3.79. The number of carboxylic acids is 1. The monoisotopic (exact) mass is 239 g/mol. The molecule has 2 N–H and O–H groups in total. The van der Waals surface area contributed by atoms with Crippen LogP contribution in [0.5, 0.6) is 0 Å². The van der Waals surface area contributed by atoms with Gasteiger partial charge >= 0.3 is 5.97 Å². The Kier molecular flexibility index (Phi) is 5.22. The Bertz CT molecular complexity index is 357. The van der Waals surface area contributed by atoms with Crippen molar-refractivity contribution in [1.82, 2.24) is 5.32 Å². The van der Waals surface area contributed by atoms with Gasteiger partial charge in [-0.25, -0.2) is 4.79 Å². The van der Waals surface area contributed by atoms with Crippen molar-refractivity contribution in [2.75, 3.05) is 6.54 Å². The topological polar surface area (TPSA) is 49.3 Å². The first-order valence-corrected chi connectivity index (χ1v) is 6.22. The Morgan fingerprint density at radius 2 is 2.44 bits per heavy atom. The molecule has 1 aromatic rings. The second-order valence-electron chi connectivity index (χ2n) is 3.53. The fourth-order valence-electron chi connectivity index (χ4n) is 1.38. The molecule has 0 saturated carbocycles. The van der Waals surface area contributed by atoms with Gasteiger partial charge in [0.05, 0.1) is 0 Å². The molecule has 0 aromatic carbocycles. The lowest BCUT2D eigenvalue weighted by atomic mass is 10.2. The Labute approximate surface area is 99.8 Å².